The highest BCUT2D eigenvalue weighted by atomic mass is 16.7. The van der Waals surface area contributed by atoms with Gasteiger partial charge in [-0.25, -0.2) is 0 Å². The molecule has 2 aliphatic rings. The van der Waals surface area contributed by atoms with Crippen molar-refractivity contribution in [2.75, 3.05) is 6.61 Å². The zero-order valence-electron chi connectivity index (χ0n) is 3.70. The highest BCUT2D eigenvalue weighted by molar-refractivity contribution is 4.91. The van der Waals surface area contributed by atoms with E-state index in [0.29, 0.717) is 6.61 Å². The van der Waals surface area contributed by atoms with E-state index in [1.54, 1.807) is 0 Å². The molecule has 0 aromatic carbocycles. The van der Waals surface area contributed by atoms with Gasteiger partial charge in [-0.05, 0) is 0 Å². The van der Waals surface area contributed by atoms with E-state index in [1.807, 2.05) is 0 Å². The molecular formula is C4H6O3. The molecule has 3 heteroatoms. The van der Waals surface area contributed by atoms with E-state index in [1.165, 1.54) is 0 Å². The maximum atomic E-state index is 8.69. The summed E-state index contributed by atoms with van der Waals surface area (Å²) in [6.45, 7) is 0.575. The van der Waals surface area contributed by atoms with Gasteiger partial charge in [0, 0.05) is 0 Å². The van der Waals surface area contributed by atoms with E-state index in [-0.39, 0.29) is 12.2 Å². The Morgan fingerprint density at radius 1 is 1.57 bits per heavy atom. The van der Waals surface area contributed by atoms with Gasteiger partial charge < -0.3 is 14.6 Å². The van der Waals surface area contributed by atoms with Crippen molar-refractivity contribution in [2.24, 2.45) is 0 Å². The largest absolute Gasteiger partial charge is 0.366 e. The molecule has 40 valence electrons. The molecule has 0 aromatic heterocycles. The summed E-state index contributed by atoms with van der Waals surface area (Å²) in [6, 6.07) is 0. The highest BCUT2D eigenvalue weighted by Crippen LogP contribution is 2.32. The molecule has 0 aliphatic carbocycles. The highest BCUT2D eigenvalue weighted by Gasteiger charge is 2.51. The lowest BCUT2D eigenvalue weighted by Gasteiger charge is -1.99. The van der Waals surface area contributed by atoms with Gasteiger partial charge in [0.15, 0.2) is 6.29 Å². The number of aliphatic hydroxyl groups excluding tert-OH is 1. The van der Waals surface area contributed by atoms with Crippen molar-refractivity contribution >= 4 is 0 Å². The zero-order valence-corrected chi connectivity index (χ0v) is 3.70. The second kappa shape index (κ2) is 0.992. The first kappa shape index (κ1) is 3.83. The molecule has 3 atom stereocenters. The molecule has 2 saturated heterocycles. The molecule has 2 aliphatic heterocycles. The lowest BCUT2D eigenvalue weighted by Crippen LogP contribution is -2.11. The maximum absolute atomic E-state index is 8.69. The predicted octanol–water partition coefficient (Wildman–Crippen LogP) is -0.898. The van der Waals surface area contributed by atoms with E-state index in [0.717, 1.165) is 0 Å². The summed E-state index contributed by atoms with van der Waals surface area (Å²) in [5.74, 6) is 0. The molecule has 0 radical (unpaired) electrons. The minimum atomic E-state index is -0.634. The molecule has 7 heavy (non-hydrogen) atoms. The third-order valence-corrected chi connectivity index (χ3v) is 1.33. The summed E-state index contributed by atoms with van der Waals surface area (Å²) in [5, 5.41) is 8.69. The minimum absolute atomic E-state index is 0.0139. The molecule has 3 nitrogen and oxygen atoms in total. The van der Waals surface area contributed by atoms with Crippen molar-refractivity contribution in [3.8, 4) is 0 Å². The fourth-order valence-corrected chi connectivity index (χ4v) is 0.830. The van der Waals surface area contributed by atoms with Gasteiger partial charge in [0.25, 0.3) is 0 Å². The van der Waals surface area contributed by atoms with Gasteiger partial charge in [-0.15, -0.1) is 0 Å². The van der Waals surface area contributed by atoms with Crippen molar-refractivity contribution < 1.29 is 14.6 Å². The van der Waals surface area contributed by atoms with Gasteiger partial charge in [0.2, 0.25) is 0 Å². The van der Waals surface area contributed by atoms with Gasteiger partial charge in [-0.3, -0.25) is 0 Å². The average molecular weight is 102 g/mol. The van der Waals surface area contributed by atoms with Crippen molar-refractivity contribution in [3.63, 3.8) is 0 Å². The van der Waals surface area contributed by atoms with E-state index < -0.39 is 6.29 Å². The molecule has 3 unspecified atom stereocenters. The Morgan fingerprint density at radius 2 is 2.43 bits per heavy atom. The van der Waals surface area contributed by atoms with E-state index in [9.17, 15) is 0 Å². The van der Waals surface area contributed by atoms with Gasteiger partial charge >= 0.3 is 0 Å². The third kappa shape index (κ3) is 0.400. The Hall–Kier alpha value is -0.120. The molecule has 0 spiro atoms. The Morgan fingerprint density at radius 3 is 2.57 bits per heavy atom. The average Bonchev–Trinajstić information content (AvgIpc) is 2.33. The minimum Gasteiger partial charge on any atom is -0.366 e. The summed E-state index contributed by atoms with van der Waals surface area (Å²) in [5.41, 5.74) is 0. The van der Waals surface area contributed by atoms with Crippen molar-refractivity contribution in [1.82, 2.24) is 0 Å². The van der Waals surface area contributed by atoms with Crippen molar-refractivity contribution in [1.29, 1.82) is 0 Å². The smallest absolute Gasteiger partial charge is 0.183 e. The van der Waals surface area contributed by atoms with Crippen LogP contribution in [0.4, 0.5) is 0 Å². The van der Waals surface area contributed by atoms with E-state index in [4.69, 9.17) is 14.6 Å². The SMILES string of the molecule is OC1OCC2OC12. The van der Waals surface area contributed by atoms with Crippen LogP contribution in [0.15, 0.2) is 0 Å². The number of aliphatic hydroxyl groups is 1. The lowest BCUT2D eigenvalue weighted by molar-refractivity contribution is -0.106. The molecule has 0 aromatic rings. The van der Waals surface area contributed by atoms with Crippen LogP contribution >= 0.6 is 0 Å². The molecule has 0 amide bonds. The summed E-state index contributed by atoms with van der Waals surface area (Å²) < 4.78 is 9.64. The fraction of sp³-hybridized carbons (Fsp3) is 1.00. The van der Waals surface area contributed by atoms with Crippen LogP contribution in [0.25, 0.3) is 0 Å². The normalized spacial score (nSPS) is 57.0. The summed E-state index contributed by atoms with van der Waals surface area (Å²) in [7, 11) is 0. The number of hydrogen-bond acceptors (Lipinski definition) is 3. The second-order valence-corrected chi connectivity index (χ2v) is 1.86. The molecule has 2 heterocycles. The molecule has 0 bridgehead atoms. The van der Waals surface area contributed by atoms with Gasteiger partial charge in [0.1, 0.15) is 12.2 Å². The monoisotopic (exact) mass is 102 g/mol. The van der Waals surface area contributed by atoms with Gasteiger partial charge in [0.05, 0.1) is 6.61 Å². The number of epoxide rings is 1. The number of fused-ring (bicyclic) bond motifs is 1. The quantitative estimate of drug-likeness (QED) is 0.403. The van der Waals surface area contributed by atoms with E-state index >= 15 is 0 Å². The predicted molar refractivity (Wildman–Crippen MR) is 20.6 cm³/mol. The van der Waals surface area contributed by atoms with Gasteiger partial charge in [-0.2, -0.15) is 0 Å². The Labute approximate surface area is 40.8 Å². The van der Waals surface area contributed by atoms with Crippen LogP contribution in [-0.2, 0) is 9.47 Å². The number of rotatable bonds is 0. The number of hydrogen-bond donors (Lipinski definition) is 1. The molecular weight excluding hydrogens is 96.0 g/mol. The second-order valence-electron chi connectivity index (χ2n) is 1.86. The topological polar surface area (TPSA) is 42.0 Å². The lowest BCUT2D eigenvalue weighted by atomic mass is 10.4. The maximum Gasteiger partial charge on any atom is 0.183 e. The first-order valence-electron chi connectivity index (χ1n) is 2.33. The van der Waals surface area contributed by atoms with E-state index in [2.05, 4.69) is 0 Å². The summed E-state index contributed by atoms with van der Waals surface area (Å²) >= 11 is 0. The van der Waals surface area contributed by atoms with Crippen LogP contribution < -0.4 is 0 Å². The van der Waals surface area contributed by atoms with Crippen LogP contribution in [0.5, 0.6) is 0 Å². The van der Waals surface area contributed by atoms with Crippen molar-refractivity contribution in [2.45, 2.75) is 18.5 Å². The molecule has 2 rings (SSSR count). The summed E-state index contributed by atoms with van der Waals surface area (Å²) in [6.07, 6.45) is -0.403. The number of ether oxygens (including phenoxy) is 2. The molecule has 1 N–H and O–H groups in total. The van der Waals surface area contributed by atoms with Crippen molar-refractivity contribution in [3.05, 3.63) is 0 Å². The summed E-state index contributed by atoms with van der Waals surface area (Å²) in [4.78, 5) is 0. The van der Waals surface area contributed by atoms with Crippen LogP contribution in [-0.4, -0.2) is 30.2 Å². The Kier molecular flexibility index (Phi) is 0.543. The van der Waals surface area contributed by atoms with Crippen LogP contribution in [0.3, 0.4) is 0 Å². The molecule has 0 saturated carbocycles. The van der Waals surface area contributed by atoms with Gasteiger partial charge in [-0.1, -0.05) is 0 Å². The third-order valence-electron chi connectivity index (χ3n) is 1.33. The van der Waals surface area contributed by atoms with Crippen LogP contribution in [0.1, 0.15) is 0 Å². The first-order valence-corrected chi connectivity index (χ1v) is 2.33. The van der Waals surface area contributed by atoms with Crippen LogP contribution in [0.2, 0.25) is 0 Å². The standard InChI is InChI=1S/C4H6O3/c5-4-3-2(7-3)1-6-4/h2-5H,1H2. The zero-order chi connectivity index (χ0) is 4.85. The fourth-order valence-electron chi connectivity index (χ4n) is 0.830. The first-order chi connectivity index (χ1) is 3.38. The van der Waals surface area contributed by atoms with Crippen LogP contribution in [0, 0.1) is 0 Å². The Bertz CT molecular complexity index is 92.9. The Balaban J connectivity index is 2.08. The molecule has 2 fully saturated rings.